The summed E-state index contributed by atoms with van der Waals surface area (Å²) in [6, 6.07) is 16.8. The molecule has 0 radical (unpaired) electrons. The first kappa shape index (κ1) is 23.1. The summed E-state index contributed by atoms with van der Waals surface area (Å²) in [4.78, 5) is 11.9. The van der Waals surface area contributed by atoms with Crippen LogP contribution in [0.3, 0.4) is 0 Å². The number of anilines is 2. The number of alkyl halides is 3. The van der Waals surface area contributed by atoms with Crippen LogP contribution in [0.5, 0.6) is 0 Å². The van der Waals surface area contributed by atoms with Crippen LogP contribution in [-0.4, -0.2) is 14.3 Å². The van der Waals surface area contributed by atoms with E-state index in [1.165, 1.54) is 36.4 Å². The van der Waals surface area contributed by atoms with Crippen molar-refractivity contribution in [2.45, 2.75) is 18.0 Å². The van der Waals surface area contributed by atoms with E-state index in [0.29, 0.717) is 11.8 Å². The Labute approximate surface area is 183 Å². The molecule has 166 valence electrons. The van der Waals surface area contributed by atoms with Gasteiger partial charge in [0.1, 0.15) is 0 Å². The van der Waals surface area contributed by atoms with E-state index >= 15 is 0 Å². The lowest BCUT2D eigenvalue weighted by Gasteiger charge is -2.11. The summed E-state index contributed by atoms with van der Waals surface area (Å²) < 4.78 is 65.6. The molecule has 0 heterocycles. The van der Waals surface area contributed by atoms with Crippen molar-refractivity contribution in [1.29, 1.82) is 0 Å². The Morgan fingerprint density at radius 1 is 0.906 bits per heavy atom. The summed E-state index contributed by atoms with van der Waals surface area (Å²) in [5.74, 6) is -0.400. The van der Waals surface area contributed by atoms with Gasteiger partial charge >= 0.3 is 6.18 Å². The number of carbonyl (C=O) groups is 1. The Hall–Kier alpha value is -3.59. The zero-order chi connectivity index (χ0) is 23.4. The second-order valence-corrected chi connectivity index (χ2v) is 8.62. The fourth-order valence-corrected chi connectivity index (χ4v) is 3.77. The monoisotopic (exact) mass is 460 g/mol. The summed E-state index contributed by atoms with van der Waals surface area (Å²) in [6.45, 7) is 1.96. The number of nitrogens with one attached hydrogen (secondary N) is 2. The summed E-state index contributed by atoms with van der Waals surface area (Å²) in [5, 5.41) is 2.61. The zero-order valence-electron chi connectivity index (χ0n) is 16.8. The van der Waals surface area contributed by atoms with Gasteiger partial charge in [-0.3, -0.25) is 9.52 Å². The van der Waals surface area contributed by atoms with Crippen LogP contribution >= 0.6 is 0 Å². The average Bonchev–Trinajstić information content (AvgIpc) is 2.73. The minimum absolute atomic E-state index is 0.164. The highest BCUT2D eigenvalue weighted by atomic mass is 32.2. The van der Waals surface area contributed by atoms with Crippen LogP contribution in [0.25, 0.3) is 6.08 Å². The van der Waals surface area contributed by atoms with E-state index in [0.717, 1.165) is 23.3 Å². The molecule has 5 nitrogen and oxygen atoms in total. The van der Waals surface area contributed by atoms with E-state index in [1.807, 2.05) is 31.2 Å². The summed E-state index contributed by atoms with van der Waals surface area (Å²) in [5.41, 5.74) is 1.14. The van der Waals surface area contributed by atoms with Gasteiger partial charge in [-0.1, -0.05) is 35.9 Å². The van der Waals surface area contributed by atoms with Gasteiger partial charge in [0.25, 0.3) is 10.0 Å². The predicted molar refractivity (Wildman–Crippen MR) is 118 cm³/mol. The fourth-order valence-electron chi connectivity index (χ4n) is 2.72. The molecule has 3 rings (SSSR count). The van der Waals surface area contributed by atoms with Gasteiger partial charge in [0.2, 0.25) is 5.91 Å². The maximum Gasteiger partial charge on any atom is 0.416 e. The van der Waals surface area contributed by atoms with Crippen molar-refractivity contribution in [3.8, 4) is 0 Å². The second-order valence-electron chi connectivity index (χ2n) is 6.94. The molecule has 3 aromatic carbocycles. The van der Waals surface area contributed by atoms with E-state index in [-0.39, 0.29) is 10.6 Å². The number of hydrogen-bond donors (Lipinski definition) is 2. The maximum atomic E-state index is 12.8. The first-order valence-corrected chi connectivity index (χ1v) is 10.9. The molecule has 0 aliphatic heterocycles. The van der Waals surface area contributed by atoms with Gasteiger partial charge in [-0.25, -0.2) is 8.42 Å². The van der Waals surface area contributed by atoms with Gasteiger partial charge in [-0.05, 0) is 61.0 Å². The molecule has 0 atom stereocenters. The highest BCUT2D eigenvalue weighted by Crippen LogP contribution is 2.31. The van der Waals surface area contributed by atoms with E-state index in [9.17, 15) is 26.4 Å². The largest absolute Gasteiger partial charge is 0.416 e. The van der Waals surface area contributed by atoms with Gasteiger partial charge in [0, 0.05) is 17.5 Å². The molecule has 0 aliphatic rings. The predicted octanol–water partition coefficient (Wildman–Crippen LogP) is 5.47. The number of aryl methyl sites for hydroxylation is 1. The highest BCUT2D eigenvalue weighted by Gasteiger charge is 2.30. The van der Waals surface area contributed by atoms with Crippen LogP contribution in [0.2, 0.25) is 0 Å². The number of carbonyl (C=O) groups excluding carboxylic acids is 1. The Balaban J connectivity index is 1.66. The minimum Gasteiger partial charge on any atom is -0.323 e. The van der Waals surface area contributed by atoms with E-state index < -0.39 is 27.7 Å². The third kappa shape index (κ3) is 6.21. The molecule has 3 aromatic rings. The van der Waals surface area contributed by atoms with Crippen molar-refractivity contribution >= 4 is 33.4 Å². The molecule has 32 heavy (non-hydrogen) atoms. The lowest BCUT2D eigenvalue weighted by atomic mass is 10.1. The van der Waals surface area contributed by atoms with Crippen LogP contribution in [0.15, 0.2) is 83.8 Å². The van der Waals surface area contributed by atoms with Gasteiger partial charge < -0.3 is 5.32 Å². The standard InChI is InChI=1S/C23H19F3N2O3S/c1-16-5-7-17(8-6-16)9-14-22(29)27-19-10-12-21(13-11-19)32(30,31)28-20-4-2-3-18(15-20)23(24,25)26/h2-15,28H,1H3,(H,27,29)/b14-9+. The van der Waals surface area contributed by atoms with Crippen molar-refractivity contribution < 1.29 is 26.4 Å². The van der Waals surface area contributed by atoms with E-state index in [2.05, 4.69) is 10.0 Å². The molecule has 0 aromatic heterocycles. The summed E-state index contributed by atoms with van der Waals surface area (Å²) >= 11 is 0. The van der Waals surface area contributed by atoms with Crippen LogP contribution in [-0.2, 0) is 21.0 Å². The second kappa shape index (κ2) is 9.27. The molecular formula is C23H19F3N2O3S. The molecule has 0 saturated carbocycles. The van der Waals surface area contributed by atoms with Gasteiger partial charge in [-0.2, -0.15) is 13.2 Å². The number of sulfonamides is 1. The quantitative estimate of drug-likeness (QED) is 0.479. The molecule has 0 aliphatic carbocycles. The SMILES string of the molecule is Cc1ccc(/C=C/C(=O)Nc2ccc(S(=O)(=O)Nc3cccc(C(F)(F)F)c3)cc2)cc1. The number of benzene rings is 3. The van der Waals surface area contributed by atoms with Crippen LogP contribution in [0.1, 0.15) is 16.7 Å². The number of hydrogen-bond acceptors (Lipinski definition) is 3. The summed E-state index contributed by atoms with van der Waals surface area (Å²) in [7, 11) is -4.11. The Morgan fingerprint density at radius 3 is 2.19 bits per heavy atom. The topological polar surface area (TPSA) is 75.3 Å². The van der Waals surface area contributed by atoms with Crippen molar-refractivity contribution in [3.05, 3.63) is 95.6 Å². The molecule has 0 unspecified atom stereocenters. The first-order valence-electron chi connectivity index (χ1n) is 9.39. The minimum atomic E-state index is -4.59. The number of halogens is 3. The molecule has 0 saturated heterocycles. The maximum absolute atomic E-state index is 12.8. The van der Waals surface area contributed by atoms with Crippen molar-refractivity contribution in [2.24, 2.45) is 0 Å². The molecular weight excluding hydrogens is 441 g/mol. The molecule has 0 bridgehead atoms. The van der Waals surface area contributed by atoms with E-state index in [4.69, 9.17) is 0 Å². The zero-order valence-corrected chi connectivity index (χ0v) is 17.7. The van der Waals surface area contributed by atoms with Crippen LogP contribution in [0, 0.1) is 6.92 Å². The Morgan fingerprint density at radius 2 is 1.56 bits per heavy atom. The molecule has 2 N–H and O–H groups in total. The van der Waals surface area contributed by atoms with Gasteiger partial charge in [-0.15, -0.1) is 0 Å². The first-order chi connectivity index (χ1) is 15.0. The van der Waals surface area contributed by atoms with Gasteiger partial charge in [0.05, 0.1) is 10.5 Å². The van der Waals surface area contributed by atoms with Crippen LogP contribution < -0.4 is 10.0 Å². The smallest absolute Gasteiger partial charge is 0.323 e. The number of rotatable bonds is 6. The normalized spacial score (nSPS) is 12.0. The van der Waals surface area contributed by atoms with Gasteiger partial charge in [0.15, 0.2) is 0 Å². The van der Waals surface area contributed by atoms with Crippen LogP contribution in [0.4, 0.5) is 24.5 Å². The average molecular weight is 460 g/mol. The molecule has 9 heteroatoms. The Kier molecular flexibility index (Phi) is 6.69. The summed E-state index contributed by atoms with van der Waals surface area (Å²) in [6.07, 6.45) is -1.59. The lowest BCUT2D eigenvalue weighted by Crippen LogP contribution is -2.14. The fraction of sp³-hybridized carbons (Fsp3) is 0.0870. The molecule has 0 spiro atoms. The Bertz CT molecular complexity index is 1230. The number of amides is 1. The lowest BCUT2D eigenvalue weighted by molar-refractivity contribution is -0.137. The van der Waals surface area contributed by atoms with Crippen molar-refractivity contribution in [2.75, 3.05) is 10.0 Å². The van der Waals surface area contributed by atoms with Crippen molar-refractivity contribution in [3.63, 3.8) is 0 Å². The third-order valence-corrected chi connectivity index (χ3v) is 5.78. The van der Waals surface area contributed by atoms with Crippen molar-refractivity contribution in [1.82, 2.24) is 0 Å². The molecule has 0 fully saturated rings. The highest BCUT2D eigenvalue weighted by molar-refractivity contribution is 7.92. The van der Waals surface area contributed by atoms with E-state index in [1.54, 1.807) is 6.08 Å². The third-order valence-electron chi connectivity index (χ3n) is 4.38. The molecule has 1 amide bonds.